The maximum absolute atomic E-state index is 4.70. The zero-order valence-corrected chi connectivity index (χ0v) is 13.0. The van der Waals surface area contributed by atoms with Gasteiger partial charge in [0, 0.05) is 24.1 Å². The largest absolute Gasteiger partial charge is 0.307 e. The SMILES string of the molecule is CC(C)C(CBr)NCc1ccn(C2CCCC2)n1. The molecule has 0 saturated heterocycles. The van der Waals surface area contributed by atoms with E-state index in [0.29, 0.717) is 18.0 Å². The van der Waals surface area contributed by atoms with Gasteiger partial charge >= 0.3 is 0 Å². The number of rotatable bonds is 6. The Kier molecular flexibility index (Phi) is 5.25. The van der Waals surface area contributed by atoms with Gasteiger partial charge in [0.1, 0.15) is 0 Å². The predicted octanol–water partition coefficient (Wildman–Crippen LogP) is 3.51. The third-order valence-electron chi connectivity index (χ3n) is 3.88. The molecule has 3 nitrogen and oxygen atoms in total. The highest BCUT2D eigenvalue weighted by Gasteiger charge is 2.18. The molecular weight excluding hydrogens is 290 g/mol. The van der Waals surface area contributed by atoms with Crippen LogP contribution in [0.25, 0.3) is 0 Å². The second-order valence-corrected chi connectivity index (χ2v) is 6.26. The summed E-state index contributed by atoms with van der Waals surface area (Å²) in [6.07, 6.45) is 7.45. The van der Waals surface area contributed by atoms with Gasteiger partial charge in [-0.2, -0.15) is 5.10 Å². The van der Waals surface area contributed by atoms with Crippen molar-refractivity contribution < 1.29 is 0 Å². The highest BCUT2D eigenvalue weighted by molar-refractivity contribution is 9.09. The van der Waals surface area contributed by atoms with Crippen LogP contribution >= 0.6 is 15.9 Å². The normalized spacial score (nSPS) is 18.7. The Hall–Kier alpha value is -0.350. The van der Waals surface area contributed by atoms with Crippen LogP contribution in [0.5, 0.6) is 0 Å². The number of alkyl halides is 1. The Bertz CT molecular complexity index is 356. The molecule has 1 atom stereocenters. The molecule has 2 rings (SSSR count). The fraction of sp³-hybridized carbons (Fsp3) is 0.786. The molecule has 0 aromatic carbocycles. The lowest BCUT2D eigenvalue weighted by molar-refractivity contribution is 0.423. The predicted molar refractivity (Wildman–Crippen MR) is 79.0 cm³/mol. The molecule has 18 heavy (non-hydrogen) atoms. The first-order valence-corrected chi connectivity index (χ1v) is 8.16. The molecule has 1 fully saturated rings. The highest BCUT2D eigenvalue weighted by atomic mass is 79.9. The molecule has 1 aliphatic carbocycles. The first-order chi connectivity index (χ1) is 8.70. The van der Waals surface area contributed by atoms with E-state index >= 15 is 0 Å². The summed E-state index contributed by atoms with van der Waals surface area (Å²) in [5.41, 5.74) is 1.16. The third-order valence-corrected chi connectivity index (χ3v) is 4.58. The summed E-state index contributed by atoms with van der Waals surface area (Å²) < 4.78 is 2.17. The van der Waals surface area contributed by atoms with E-state index in [4.69, 9.17) is 5.10 Å². The standard InChI is InChI=1S/C14H24BrN3/c1-11(2)14(9-15)16-10-12-7-8-18(17-12)13-5-3-4-6-13/h7-8,11,13-14,16H,3-6,9-10H2,1-2H3. The Morgan fingerprint density at radius 1 is 1.44 bits per heavy atom. The van der Waals surface area contributed by atoms with Crippen molar-refractivity contribution in [2.24, 2.45) is 5.92 Å². The maximum atomic E-state index is 4.70. The fourth-order valence-corrected chi connectivity index (χ4v) is 3.52. The van der Waals surface area contributed by atoms with E-state index in [9.17, 15) is 0 Å². The summed E-state index contributed by atoms with van der Waals surface area (Å²) in [5.74, 6) is 0.640. The molecule has 4 heteroatoms. The van der Waals surface area contributed by atoms with Gasteiger partial charge in [-0.15, -0.1) is 0 Å². The molecule has 0 spiro atoms. The lowest BCUT2D eigenvalue weighted by Crippen LogP contribution is -2.34. The fourth-order valence-electron chi connectivity index (χ4n) is 2.55. The number of aromatic nitrogens is 2. The number of hydrogen-bond donors (Lipinski definition) is 1. The van der Waals surface area contributed by atoms with Crippen molar-refractivity contribution in [2.75, 3.05) is 5.33 Å². The maximum Gasteiger partial charge on any atom is 0.0762 e. The minimum atomic E-state index is 0.515. The molecular formula is C14H24BrN3. The van der Waals surface area contributed by atoms with Crippen molar-refractivity contribution in [3.63, 3.8) is 0 Å². The van der Waals surface area contributed by atoms with Crippen LogP contribution in [0.15, 0.2) is 12.3 Å². The van der Waals surface area contributed by atoms with Crippen molar-refractivity contribution in [1.82, 2.24) is 15.1 Å². The van der Waals surface area contributed by atoms with Gasteiger partial charge in [0.2, 0.25) is 0 Å². The lowest BCUT2D eigenvalue weighted by Gasteiger charge is -2.19. The molecule has 1 unspecified atom stereocenters. The van der Waals surface area contributed by atoms with Crippen LogP contribution in [0, 0.1) is 5.92 Å². The van der Waals surface area contributed by atoms with E-state index < -0.39 is 0 Å². The van der Waals surface area contributed by atoms with Crippen LogP contribution in [-0.4, -0.2) is 21.2 Å². The van der Waals surface area contributed by atoms with Crippen LogP contribution in [0.1, 0.15) is 51.3 Å². The molecule has 0 radical (unpaired) electrons. The highest BCUT2D eigenvalue weighted by Crippen LogP contribution is 2.28. The van der Waals surface area contributed by atoms with Crippen LogP contribution in [0.2, 0.25) is 0 Å². The zero-order chi connectivity index (χ0) is 13.0. The van der Waals surface area contributed by atoms with Gasteiger partial charge in [-0.05, 0) is 24.8 Å². The van der Waals surface area contributed by atoms with Crippen LogP contribution in [0.4, 0.5) is 0 Å². The van der Waals surface area contributed by atoms with Gasteiger partial charge in [-0.3, -0.25) is 4.68 Å². The lowest BCUT2D eigenvalue weighted by atomic mass is 10.1. The van der Waals surface area contributed by atoms with Crippen LogP contribution < -0.4 is 5.32 Å². The van der Waals surface area contributed by atoms with Crippen molar-refractivity contribution >= 4 is 15.9 Å². The first-order valence-electron chi connectivity index (χ1n) is 7.04. The second kappa shape index (κ2) is 6.71. The number of nitrogens with zero attached hydrogens (tertiary/aromatic N) is 2. The minimum absolute atomic E-state index is 0.515. The van der Waals surface area contributed by atoms with E-state index in [1.807, 2.05) is 0 Å². The van der Waals surface area contributed by atoms with E-state index in [1.54, 1.807) is 0 Å². The Morgan fingerprint density at radius 3 is 2.78 bits per heavy atom. The van der Waals surface area contributed by atoms with E-state index in [-0.39, 0.29) is 0 Å². The zero-order valence-electron chi connectivity index (χ0n) is 11.4. The van der Waals surface area contributed by atoms with Crippen molar-refractivity contribution in [3.05, 3.63) is 18.0 Å². The smallest absolute Gasteiger partial charge is 0.0762 e. The summed E-state index contributed by atoms with van der Waals surface area (Å²) in [6, 6.07) is 3.31. The van der Waals surface area contributed by atoms with Crippen LogP contribution in [-0.2, 0) is 6.54 Å². The van der Waals surface area contributed by atoms with Gasteiger partial charge in [-0.1, -0.05) is 42.6 Å². The van der Waals surface area contributed by atoms with Gasteiger partial charge < -0.3 is 5.32 Å². The first kappa shape index (κ1) is 14.1. The Balaban J connectivity index is 1.86. The quantitative estimate of drug-likeness (QED) is 0.814. The number of nitrogens with one attached hydrogen (secondary N) is 1. The monoisotopic (exact) mass is 313 g/mol. The second-order valence-electron chi connectivity index (χ2n) is 5.61. The van der Waals surface area contributed by atoms with Crippen molar-refractivity contribution in [2.45, 2.75) is 58.2 Å². The van der Waals surface area contributed by atoms with E-state index in [0.717, 1.165) is 17.6 Å². The number of hydrogen-bond acceptors (Lipinski definition) is 2. The van der Waals surface area contributed by atoms with E-state index in [2.05, 4.69) is 52.0 Å². The topological polar surface area (TPSA) is 29.9 Å². The molecule has 0 amide bonds. The molecule has 1 saturated carbocycles. The molecule has 1 aliphatic rings. The Labute approximate surface area is 118 Å². The number of halogens is 1. The van der Waals surface area contributed by atoms with Gasteiger partial charge in [0.05, 0.1) is 11.7 Å². The van der Waals surface area contributed by atoms with E-state index in [1.165, 1.54) is 25.7 Å². The third kappa shape index (κ3) is 3.58. The average Bonchev–Trinajstić information content (AvgIpc) is 2.99. The summed E-state index contributed by atoms with van der Waals surface area (Å²) in [6.45, 7) is 5.36. The molecule has 1 aromatic rings. The molecule has 1 heterocycles. The molecule has 0 aliphatic heterocycles. The molecule has 0 bridgehead atoms. The summed E-state index contributed by atoms with van der Waals surface area (Å²) in [5, 5.41) is 9.26. The summed E-state index contributed by atoms with van der Waals surface area (Å²) >= 11 is 3.56. The molecule has 1 aromatic heterocycles. The summed E-state index contributed by atoms with van der Waals surface area (Å²) in [4.78, 5) is 0. The molecule has 102 valence electrons. The molecule has 1 N–H and O–H groups in total. The average molecular weight is 314 g/mol. The summed E-state index contributed by atoms with van der Waals surface area (Å²) in [7, 11) is 0. The van der Waals surface area contributed by atoms with Gasteiger partial charge in [-0.25, -0.2) is 0 Å². The van der Waals surface area contributed by atoms with Gasteiger partial charge in [0.15, 0.2) is 0 Å². The van der Waals surface area contributed by atoms with Gasteiger partial charge in [0.25, 0.3) is 0 Å². The van der Waals surface area contributed by atoms with Crippen molar-refractivity contribution in [3.8, 4) is 0 Å². The minimum Gasteiger partial charge on any atom is -0.307 e. The Morgan fingerprint density at radius 2 is 2.17 bits per heavy atom. The van der Waals surface area contributed by atoms with Crippen molar-refractivity contribution in [1.29, 1.82) is 0 Å². The van der Waals surface area contributed by atoms with Crippen LogP contribution in [0.3, 0.4) is 0 Å².